The smallest absolute Gasteiger partial charge is 0.147 e. The molecule has 0 bridgehead atoms. The molecule has 0 spiro atoms. The minimum Gasteiger partial charge on any atom is -0.318 e. The van der Waals surface area contributed by atoms with Crippen LogP contribution in [0.4, 0.5) is 0 Å². The third-order valence-electron chi connectivity index (χ3n) is 3.09. The normalized spacial score (nSPS) is 15.4. The highest BCUT2D eigenvalue weighted by Crippen LogP contribution is 2.14. The first-order valence-electron chi connectivity index (χ1n) is 6.05. The highest BCUT2D eigenvalue weighted by molar-refractivity contribution is 4.98. The number of likely N-dealkylation sites (N-methyl/N-ethyl adjacent to an activating group) is 2. The van der Waals surface area contributed by atoms with Crippen LogP contribution in [0.15, 0.2) is 0 Å². The average molecular weight is 223 g/mol. The molecule has 0 saturated heterocycles. The van der Waals surface area contributed by atoms with Gasteiger partial charge in [-0.15, -0.1) is 10.2 Å². The van der Waals surface area contributed by atoms with E-state index in [0.717, 1.165) is 38.4 Å². The quantitative estimate of drug-likeness (QED) is 0.778. The van der Waals surface area contributed by atoms with Gasteiger partial charge in [0.25, 0.3) is 0 Å². The fraction of sp³-hybridized carbons (Fsp3) is 0.818. The number of hydrogen-bond acceptors (Lipinski definition) is 4. The van der Waals surface area contributed by atoms with Gasteiger partial charge in [0.1, 0.15) is 11.6 Å². The Morgan fingerprint density at radius 1 is 1.38 bits per heavy atom. The molecule has 1 aliphatic rings. The first-order valence-corrected chi connectivity index (χ1v) is 6.05. The molecule has 0 fully saturated rings. The summed E-state index contributed by atoms with van der Waals surface area (Å²) < 4.78 is 2.29. The fourth-order valence-corrected chi connectivity index (χ4v) is 2.11. The van der Waals surface area contributed by atoms with Crippen molar-refractivity contribution in [2.75, 3.05) is 27.2 Å². The van der Waals surface area contributed by atoms with Crippen LogP contribution in [-0.4, -0.2) is 46.8 Å². The molecule has 0 aromatic carbocycles. The first kappa shape index (κ1) is 11.5. The van der Waals surface area contributed by atoms with Gasteiger partial charge in [-0.05, 0) is 26.9 Å². The van der Waals surface area contributed by atoms with Crippen molar-refractivity contribution in [1.82, 2.24) is 25.0 Å². The maximum absolute atomic E-state index is 4.30. The molecule has 0 radical (unpaired) electrons. The average Bonchev–Trinajstić information content (AvgIpc) is 2.70. The van der Waals surface area contributed by atoms with E-state index in [0.29, 0.717) is 0 Å². The number of nitrogens with one attached hydrogen (secondary N) is 1. The molecule has 0 aliphatic carbocycles. The molecule has 0 atom stereocenters. The van der Waals surface area contributed by atoms with E-state index >= 15 is 0 Å². The van der Waals surface area contributed by atoms with Crippen LogP contribution in [0, 0.1) is 0 Å². The summed E-state index contributed by atoms with van der Waals surface area (Å²) in [6.45, 7) is 4.04. The molecule has 5 heteroatoms. The summed E-state index contributed by atoms with van der Waals surface area (Å²) >= 11 is 0. The summed E-state index contributed by atoms with van der Waals surface area (Å²) in [7, 11) is 4.11. The summed E-state index contributed by atoms with van der Waals surface area (Å²) in [5.41, 5.74) is 0. The molecule has 16 heavy (non-hydrogen) atoms. The lowest BCUT2D eigenvalue weighted by molar-refractivity contribution is 0.311. The Kier molecular flexibility index (Phi) is 3.90. The van der Waals surface area contributed by atoms with E-state index in [-0.39, 0.29) is 0 Å². The Hall–Kier alpha value is -0.940. The molecule has 90 valence electrons. The van der Waals surface area contributed by atoms with Crippen LogP contribution in [0.1, 0.15) is 24.5 Å². The van der Waals surface area contributed by atoms with Crippen LogP contribution < -0.4 is 5.32 Å². The minimum absolute atomic E-state index is 0.898. The molecule has 0 saturated carbocycles. The molecule has 1 N–H and O–H groups in total. The first-order chi connectivity index (χ1) is 7.81. The highest BCUT2D eigenvalue weighted by atomic mass is 15.3. The molecule has 5 nitrogen and oxygen atoms in total. The zero-order chi connectivity index (χ0) is 11.4. The van der Waals surface area contributed by atoms with Gasteiger partial charge in [-0.2, -0.15) is 0 Å². The van der Waals surface area contributed by atoms with Crippen molar-refractivity contribution in [1.29, 1.82) is 0 Å². The number of nitrogens with zero attached hydrogens (tertiary/aromatic N) is 4. The van der Waals surface area contributed by atoms with Crippen LogP contribution in [0.3, 0.4) is 0 Å². The van der Waals surface area contributed by atoms with Crippen LogP contribution in [-0.2, 0) is 19.5 Å². The maximum Gasteiger partial charge on any atom is 0.147 e. The van der Waals surface area contributed by atoms with Crippen molar-refractivity contribution in [2.24, 2.45) is 0 Å². The van der Waals surface area contributed by atoms with Crippen molar-refractivity contribution in [3.63, 3.8) is 0 Å². The molecule has 0 amide bonds. The summed E-state index contributed by atoms with van der Waals surface area (Å²) in [5, 5.41) is 11.7. The van der Waals surface area contributed by atoms with E-state index in [2.05, 4.69) is 32.0 Å². The number of fused-ring (bicyclic) bond motifs is 1. The second kappa shape index (κ2) is 5.41. The van der Waals surface area contributed by atoms with Crippen molar-refractivity contribution in [3.05, 3.63) is 11.6 Å². The van der Waals surface area contributed by atoms with Crippen molar-refractivity contribution in [2.45, 2.75) is 32.4 Å². The lowest BCUT2D eigenvalue weighted by Crippen LogP contribution is -2.28. The Morgan fingerprint density at radius 2 is 2.25 bits per heavy atom. The number of aryl methyl sites for hydroxylation is 1. The Balaban J connectivity index is 1.96. The van der Waals surface area contributed by atoms with Gasteiger partial charge in [0.05, 0.1) is 6.54 Å². The lowest BCUT2D eigenvalue weighted by Gasteiger charge is -2.19. The topological polar surface area (TPSA) is 46.0 Å². The molecule has 1 aliphatic heterocycles. The number of rotatable bonds is 5. The van der Waals surface area contributed by atoms with Crippen molar-refractivity contribution >= 4 is 0 Å². The summed E-state index contributed by atoms with van der Waals surface area (Å²) in [6.07, 6.45) is 3.61. The molecule has 0 unspecified atom stereocenters. The highest BCUT2D eigenvalue weighted by Gasteiger charge is 2.16. The van der Waals surface area contributed by atoms with Crippen LogP contribution in [0.25, 0.3) is 0 Å². The van der Waals surface area contributed by atoms with E-state index < -0.39 is 0 Å². The van der Waals surface area contributed by atoms with E-state index in [1.807, 2.05) is 7.05 Å². The third kappa shape index (κ3) is 2.59. The van der Waals surface area contributed by atoms with Gasteiger partial charge < -0.3 is 9.88 Å². The zero-order valence-electron chi connectivity index (χ0n) is 10.2. The molecule has 1 aromatic heterocycles. The number of hydrogen-bond donors (Lipinski definition) is 1. The van der Waals surface area contributed by atoms with Gasteiger partial charge in [-0.3, -0.25) is 4.90 Å². The van der Waals surface area contributed by atoms with E-state index in [1.165, 1.54) is 18.7 Å². The number of aromatic nitrogens is 3. The van der Waals surface area contributed by atoms with Crippen LogP contribution >= 0.6 is 0 Å². The lowest BCUT2D eigenvalue weighted by atomic mass is 10.2. The summed E-state index contributed by atoms with van der Waals surface area (Å²) in [5.74, 6) is 2.29. The van der Waals surface area contributed by atoms with Gasteiger partial charge in [-0.1, -0.05) is 0 Å². The van der Waals surface area contributed by atoms with Crippen molar-refractivity contribution in [3.8, 4) is 0 Å². The molecule has 2 heterocycles. The van der Waals surface area contributed by atoms with E-state index in [4.69, 9.17) is 0 Å². The van der Waals surface area contributed by atoms with Gasteiger partial charge >= 0.3 is 0 Å². The van der Waals surface area contributed by atoms with Crippen molar-refractivity contribution < 1.29 is 0 Å². The minimum atomic E-state index is 0.898. The zero-order valence-corrected chi connectivity index (χ0v) is 10.2. The van der Waals surface area contributed by atoms with Gasteiger partial charge in [0, 0.05) is 26.1 Å². The molecular weight excluding hydrogens is 202 g/mol. The van der Waals surface area contributed by atoms with E-state index in [9.17, 15) is 0 Å². The standard InChI is InChI=1S/C11H21N5/c1-12-6-8-15(2)9-11-14-13-10-5-3-4-7-16(10)11/h12H,3-9H2,1-2H3. The molecular formula is C11H21N5. The Morgan fingerprint density at radius 3 is 3.06 bits per heavy atom. The second-order valence-electron chi connectivity index (χ2n) is 4.48. The molecule has 2 rings (SSSR count). The Labute approximate surface area is 96.8 Å². The van der Waals surface area contributed by atoms with Gasteiger partial charge in [-0.25, -0.2) is 0 Å². The largest absolute Gasteiger partial charge is 0.318 e. The predicted octanol–water partition coefficient (Wildman–Crippen LogP) is 0.266. The van der Waals surface area contributed by atoms with Gasteiger partial charge in [0.15, 0.2) is 0 Å². The summed E-state index contributed by atoms with van der Waals surface area (Å²) in [6, 6.07) is 0. The second-order valence-corrected chi connectivity index (χ2v) is 4.48. The summed E-state index contributed by atoms with van der Waals surface area (Å²) in [4.78, 5) is 2.28. The van der Waals surface area contributed by atoms with Crippen LogP contribution in [0.5, 0.6) is 0 Å². The fourth-order valence-electron chi connectivity index (χ4n) is 2.11. The maximum atomic E-state index is 4.30. The van der Waals surface area contributed by atoms with E-state index in [1.54, 1.807) is 0 Å². The monoisotopic (exact) mass is 223 g/mol. The Bertz CT molecular complexity index is 333. The van der Waals surface area contributed by atoms with Crippen LogP contribution in [0.2, 0.25) is 0 Å². The third-order valence-corrected chi connectivity index (χ3v) is 3.09. The predicted molar refractivity (Wildman–Crippen MR) is 63.2 cm³/mol. The van der Waals surface area contributed by atoms with Gasteiger partial charge in [0.2, 0.25) is 0 Å². The SMILES string of the molecule is CNCCN(C)Cc1nnc2n1CCCC2. The molecule has 1 aromatic rings.